The number of carbonyl (C=O) groups is 1. The average molecular weight is 276 g/mol. The molecular formula is C14H16N2O4. The molecule has 0 unspecified atom stereocenters. The smallest absolute Gasteiger partial charge is 0.341 e. The summed E-state index contributed by atoms with van der Waals surface area (Å²) in [6, 6.07) is 3.54. The van der Waals surface area contributed by atoms with Gasteiger partial charge in [0.2, 0.25) is 0 Å². The molecule has 1 N–H and O–H groups in total. The lowest BCUT2D eigenvalue weighted by Gasteiger charge is -2.13. The van der Waals surface area contributed by atoms with Gasteiger partial charge in [0.1, 0.15) is 5.56 Å². The Kier molecular flexibility index (Phi) is 3.93. The van der Waals surface area contributed by atoms with E-state index in [9.17, 15) is 4.79 Å². The Morgan fingerprint density at radius 3 is 2.35 bits per heavy atom. The largest absolute Gasteiger partial charge is 0.493 e. The topological polar surface area (TPSA) is 69.7 Å². The first kappa shape index (κ1) is 13.9. The zero-order valence-electron chi connectivity index (χ0n) is 11.8. The van der Waals surface area contributed by atoms with Crippen LogP contribution in [-0.4, -0.2) is 39.3 Å². The first-order valence-corrected chi connectivity index (χ1v) is 5.97. The molecule has 0 radical (unpaired) electrons. The molecule has 0 fully saturated rings. The van der Waals surface area contributed by atoms with E-state index < -0.39 is 5.97 Å². The number of pyridine rings is 1. The van der Waals surface area contributed by atoms with E-state index in [0.717, 1.165) is 5.39 Å². The molecule has 106 valence electrons. The molecule has 1 aromatic carbocycles. The minimum Gasteiger partial charge on any atom is -0.493 e. The standard InChI is InChI=1S/C14H16N2O4/c1-15-13-8-5-11(18-2)12(19-3)6-10(8)16-7-9(13)14(17)20-4/h5-7H,1-4H3,(H,15,16). The highest BCUT2D eigenvalue weighted by molar-refractivity contribution is 6.05. The molecule has 0 spiro atoms. The Morgan fingerprint density at radius 1 is 1.15 bits per heavy atom. The van der Waals surface area contributed by atoms with Crippen LogP contribution in [-0.2, 0) is 4.74 Å². The first-order valence-electron chi connectivity index (χ1n) is 5.97. The number of aromatic nitrogens is 1. The average Bonchev–Trinajstić information content (AvgIpc) is 2.51. The van der Waals surface area contributed by atoms with E-state index in [2.05, 4.69) is 10.3 Å². The van der Waals surface area contributed by atoms with Crippen LogP contribution in [0.2, 0.25) is 0 Å². The van der Waals surface area contributed by atoms with Crippen LogP contribution in [0.1, 0.15) is 10.4 Å². The second-order valence-corrected chi connectivity index (χ2v) is 4.01. The van der Waals surface area contributed by atoms with Gasteiger partial charge in [0.15, 0.2) is 11.5 Å². The predicted molar refractivity (Wildman–Crippen MR) is 75.7 cm³/mol. The van der Waals surface area contributed by atoms with Crippen LogP contribution in [0.25, 0.3) is 10.9 Å². The summed E-state index contributed by atoms with van der Waals surface area (Å²) in [5.74, 6) is 0.708. The number of ether oxygens (including phenoxy) is 3. The molecule has 0 aliphatic heterocycles. The Morgan fingerprint density at radius 2 is 1.80 bits per heavy atom. The molecule has 2 aromatic rings. The van der Waals surface area contributed by atoms with E-state index in [1.165, 1.54) is 13.3 Å². The summed E-state index contributed by atoms with van der Waals surface area (Å²) >= 11 is 0. The van der Waals surface area contributed by atoms with Crippen LogP contribution in [0.3, 0.4) is 0 Å². The summed E-state index contributed by atoms with van der Waals surface area (Å²) in [6.07, 6.45) is 1.48. The van der Waals surface area contributed by atoms with Crippen molar-refractivity contribution in [1.82, 2.24) is 4.98 Å². The second-order valence-electron chi connectivity index (χ2n) is 4.01. The number of nitrogens with zero attached hydrogens (tertiary/aromatic N) is 1. The van der Waals surface area contributed by atoms with Crippen molar-refractivity contribution in [2.75, 3.05) is 33.7 Å². The van der Waals surface area contributed by atoms with Crippen molar-refractivity contribution in [3.05, 3.63) is 23.9 Å². The number of hydrogen-bond acceptors (Lipinski definition) is 6. The molecule has 0 bridgehead atoms. The number of carbonyl (C=O) groups excluding carboxylic acids is 1. The van der Waals surface area contributed by atoms with Crippen molar-refractivity contribution in [2.45, 2.75) is 0 Å². The zero-order chi connectivity index (χ0) is 14.7. The molecule has 0 atom stereocenters. The number of nitrogens with one attached hydrogen (secondary N) is 1. The van der Waals surface area contributed by atoms with Crippen LogP contribution in [0, 0.1) is 0 Å². The number of esters is 1. The second kappa shape index (κ2) is 5.64. The number of benzene rings is 1. The van der Waals surface area contributed by atoms with Gasteiger partial charge in [-0.05, 0) is 6.07 Å². The highest BCUT2D eigenvalue weighted by atomic mass is 16.5. The van der Waals surface area contributed by atoms with E-state index in [-0.39, 0.29) is 0 Å². The van der Waals surface area contributed by atoms with Gasteiger partial charge in [-0.1, -0.05) is 0 Å². The third-order valence-corrected chi connectivity index (χ3v) is 3.03. The predicted octanol–water partition coefficient (Wildman–Crippen LogP) is 2.08. The van der Waals surface area contributed by atoms with Crippen molar-refractivity contribution in [1.29, 1.82) is 0 Å². The molecule has 0 saturated carbocycles. The summed E-state index contributed by atoms with van der Waals surface area (Å²) < 4.78 is 15.3. The lowest BCUT2D eigenvalue weighted by atomic mass is 10.1. The van der Waals surface area contributed by atoms with Gasteiger partial charge in [-0.3, -0.25) is 4.98 Å². The fourth-order valence-corrected chi connectivity index (χ4v) is 2.05. The van der Waals surface area contributed by atoms with Crippen LogP contribution in [0.5, 0.6) is 11.5 Å². The molecule has 6 nitrogen and oxygen atoms in total. The summed E-state index contributed by atoms with van der Waals surface area (Å²) in [7, 11) is 6.18. The van der Waals surface area contributed by atoms with Gasteiger partial charge >= 0.3 is 5.97 Å². The normalized spacial score (nSPS) is 10.2. The number of rotatable bonds is 4. The van der Waals surface area contributed by atoms with E-state index >= 15 is 0 Å². The minimum absolute atomic E-state index is 0.370. The number of anilines is 1. The summed E-state index contributed by atoms with van der Waals surface area (Å²) in [5, 5.41) is 3.76. The summed E-state index contributed by atoms with van der Waals surface area (Å²) in [5.41, 5.74) is 1.71. The first-order chi connectivity index (χ1) is 9.65. The lowest BCUT2D eigenvalue weighted by molar-refractivity contribution is 0.0601. The molecule has 0 amide bonds. The lowest BCUT2D eigenvalue weighted by Crippen LogP contribution is -2.07. The Hall–Kier alpha value is -2.50. The molecule has 1 aromatic heterocycles. The van der Waals surface area contributed by atoms with E-state index in [1.807, 2.05) is 0 Å². The van der Waals surface area contributed by atoms with Gasteiger partial charge in [0.25, 0.3) is 0 Å². The number of fused-ring (bicyclic) bond motifs is 1. The zero-order valence-corrected chi connectivity index (χ0v) is 11.8. The maximum atomic E-state index is 11.8. The van der Waals surface area contributed by atoms with Crippen molar-refractivity contribution in [3.8, 4) is 11.5 Å². The Balaban J connectivity index is 2.76. The van der Waals surface area contributed by atoms with Gasteiger partial charge < -0.3 is 19.5 Å². The van der Waals surface area contributed by atoms with Gasteiger partial charge in [-0.15, -0.1) is 0 Å². The van der Waals surface area contributed by atoms with Crippen LogP contribution < -0.4 is 14.8 Å². The number of methoxy groups -OCH3 is 3. The van der Waals surface area contributed by atoms with Crippen molar-refractivity contribution in [3.63, 3.8) is 0 Å². The Labute approximate surface area is 116 Å². The van der Waals surface area contributed by atoms with Crippen LogP contribution in [0.15, 0.2) is 18.3 Å². The summed E-state index contributed by atoms with van der Waals surface area (Å²) in [6.45, 7) is 0. The molecule has 2 rings (SSSR count). The SMILES string of the molecule is CNc1c(C(=O)OC)cnc2cc(OC)c(OC)cc12. The van der Waals surface area contributed by atoms with Gasteiger partial charge in [-0.2, -0.15) is 0 Å². The van der Waals surface area contributed by atoms with Gasteiger partial charge in [-0.25, -0.2) is 4.79 Å². The molecule has 0 saturated heterocycles. The monoisotopic (exact) mass is 276 g/mol. The highest BCUT2D eigenvalue weighted by Crippen LogP contribution is 2.35. The molecule has 0 aliphatic rings. The van der Waals surface area contributed by atoms with Crippen LogP contribution >= 0.6 is 0 Å². The molecule has 0 aliphatic carbocycles. The third kappa shape index (κ3) is 2.20. The maximum absolute atomic E-state index is 11.8. The van der Waals surface area contributed by atoms with E-state index in [4.69, 9.17) is 14.2 Å². The highest BCUT2D eigenvalue weighted by Gasteiger charge is 2.17. The fraction of sp³-hybridized carbons (Fsp3) is 0.286. The van der Waals surface area contributed by atoms with E-state index in [1.54, 1.807) is 33.4 Å². The molecule has 1 heterocycles. The van der Waals surface area contributed by atoms with Crippen LogP contribution in [0.4, 0.5) is 5.69 Å². The summed E-state index contributed by atoms with van der Waals surface area (Å²) in [4.78, 5) is 16.0. The number of hydrogen-bond donors (Lipinski definition) is 1. The minimum atomic E-state index is -0.446. The fourth-order valence-electron chi connectivity index (χ4n) is 2.05. The molecule has 20 heavy (non-hydrogen) atoms. The van der Waals surface area contributed by atoms with Crippen molar-refractivity contribution >= 4 is 22.6 Å². The quantitative estimate of drug-likeness (QED) is 0.862. The van der Waals surface area contributed by atoms with E-state index in [0.29, 0.717) is 28.3 Å². The van der Waals surface area contributed by atoms with Crippen molar-refractivity contribution in [2.24, 2.45) is 0 Å². The van der Waals surface area contributed by atoms with Gasteiger partial charge in [0.05, 0.1) is 32.5 Å². The Bertz CT molecular complexity index is 655. The molecule has 6 heteroatoms. The maximum Gasteiger partial charge on any atom is 0.341 e. The molecular weight excluding hydrogens is 260 g/mol. The van der Waals surface area contributed by atoms with Gasteiger partial charge in [0, 0.05) is 24.7 Å². The van der Waals surface area contributed by atoms with Crippen molar-refractivity contribution < 1.29 is 19.0 Å². The third-order valence-electron chi connectivity index (χ3n) is 3.03.